The SMILES string of the molecule is CO[C@H](C=O)C(C)(C)O. The number of carbonyl (C=O) groups excluding carboxylic acids is 1. The van der Waals surface area contributed by atoms with E-state index < -0.39 is 11.7 Å². The van der Waals surface area contributed by atoms with E-state index in [4.69, 9.17) is 5.11 Å². The van der Waals surface area contributed by atoms with E-state index in [9.17, 15) is 4.79 Å². The van der Waals surface area contributed by atoms with Gasteiger partial charge in [0.25, 0.3) is 0 Å². The Morgan fingerprint density at radius 2 is 2.11 bits per heavy atom. The molecular formula is C6H12O3. The Labute approximate surface area is 54.6 Å². The topological polar surface area (TPSA) is 46.5 Å². The second-order valence-corrected chi connectivity index (χ2v) is 2.45. The minimum absolute atomic E-state index is 0.583. The second-order valence-electron chi connectivity index (χ2n) is 2.45. The van der Waals surface area contributed by atoms with Crippen LogP contribution in [0.4, 0.5) is 0 Å². The summed E-state index contributed by atoms with van der Waals surface area (Å²) in [6.45, 7) is 3.05. The maximum absolute atomic E-state index is 10.1. The summed E-state index contributed by atoms with van der Waals surface area (Å²) in [6, 6.07) is 0. The quantitative estimate of drug-likeness (QED) is 0.548. The lowest BCUT2D eigenvalue weighted by Crippen LogP contribution is -2.38. The molecule has 0 aromatic heterocycles. The lowest BCUT2D eigenvalue weighted by atomic mass is 10.0. The molecule has 0 fully saturated rings. The van der Waals surface area contributed by atoms with Gasteiger partial charge in [0.05, 0.1) is 5.60 Å². The number of methoxy groups -OCH3 is 1. The number of aliphatic hydroxyl groups is 1. The first-order valence-electron chi connectivity index (χ1n) is 2.73. The summed E-state index contributed by atoms with van der Waals surface area (Å²) in [5.41, 5.74) is -1.07. The van der Waals surface area contributed by atoms with Crippen LogP contribution < -0.4 is 0 Å². The predicted octanol–water partition coefficient (Wildman–Crippen LogP) is -0.0288. The van der Waals surface area contributed by atoms with Crippen LogP contribution >= 0.6 is 0 Å². The van der Waals surface area contributed by atoms with Crippen molar-refractivity contribution in [3.05, 3.63) is 0 Å². The lowest BCUT2D eigenvalue weighted by molar-refractivity contribution is -0.130. The van der Waals surface area contributed by atoms with Crippen LogP contribution in [0.5, 0.6) is 0 Å². The molecule has 0 spiro atoms. The van der Waals surface area contributed by atoms with E-state index in [2.05, 4.69) is 4.74 Å². The van der Waals surface area contributed by atoms with Gasteiger partial charge in [-0.1, -0.05) is 0 Å². The fourth-order valence-electron chi connectivity index (χ4n) is 0.510. The second kappa shape index (κ2) is 2.94. The molecule has 0 heterocycles. The van der Waals surface area contributed by atoms with Crippen LogP contribution in [0, 0.1) is 0 Å². The monoisotopic (exact) mass is 132 g/mol. The highest BCUT2D eigenvalue weighted by Gasteiger charge is 2.25. The molecule has 54 valence electrons. The molecule has 1 atom stereocenters. The van der Waals surface area contributed by atoms with Gasteiger partial charge in [0, 0.05) is 7.11 Å². The van der Waals surface area contributed by atoms with Crippen molar-refractivity contribution >= 4 is 6.29 Å². The largest absolute Gasteiger partial charge is 0.387 e. The van der Waals surface area contributed by atoms with Crippen LogP contribution in [0.2, 0.25) is 0 Å². The molecule has 3 nitrogen and oxygen atoms in total. The molecule has 0 aliphatic rings. The van der Waals surface area contributed by atoms with Gasteiger partial charge in [-0.25, -0.2) is 0 Å². The summed E-state index contributed by atoms with van der Waals surface area (Å²) in [5, 5.41) is 9.12. The predicted molar refractivity (Wildman–Crippen MR) is 33.2 cm³/mol. The van der Waals surface area contributed by atoms with Crippen molar-refractivity contribution in [3.63, 3.8) is 0 Å². The number of hydrogen-bond donors (Lipinski definition) is 1. The number of aldehydes is 1. The van der Waals surface area contributed by atoms with Crippen molar-refractivity contribution in [2.24, 2.45) is 0 Å². The van der Waals surface area contributed by atoms with Crippen LogP contribution in [-0.4, -0.2) is 30.2 Å². The third kappa shape index (κ3) is 2.58. The molecule has 0 saturated carbocycles. The van der Waals surface area contributed by atoms with Gasteiger partial charge in [0.1, 0.15) is 6.10 Å². The summed E-state index contributed by atoms with van der Waals surface area (Å²) in [5.74, 6) is 0. The molecule has 0 bridgehead atoms. The van der Waals surface area contributed by atoms with Gasteiger partial charge in [-0.05, 0) is 13.8 Å². The van der Waals surface area contributed by atoms with Gasteiger partial charge in [-0.15, -0.1) is 0 Å². The highest BCUT2D eigenvalue weighted by atomic mass is 16.5. The van der Waals surface area contributed by atoms with E-state index in [1.54, 1.807) is 0 Å². The van der Waals surface area contributed by atoms with Crippen LogP contribution in [0.3, 0.4) is 0 Å². The summed E-state index contributed by atoms with van der Waals surface area (Å²) in [4.78, 5) is 10.1. The minimum Gasteiger partial charge on any atom is -0.387 e. The normalized spacial score (nSPS) is 15.1. The Morgan fingerprint density at radius 3 is 2.11 bits per heavy atom. The van der Waals surface area contributed by atoms with Crippen molar-refractivity contribution in [2.45, 2.75) is 25.6 Å². The molecule has 0 unspecified atom stereocenters. The fraction of sp³-hybridized carbons (Fsp3) is 0.833. The first-order chi connectivity index (χ1) is 4.02. The average molecular weight is 132 g/mol. The standard InChI is InChI=1S/C6H12O3/c1-6(2,8)5(4-7)9-3/h4-5,8H,1-3H3/t5-/m1/s1. The highest BCUT2D eigenvalue weighted by Crippen LogP contribution is 2.08. The minimum atomic E-state index is -1.07. The van der Waals surface area contributed by atoms with Crippen molar-refractivity contribution in [1.29, 1.82) is 0 Å². The van der Waals surface area contributed by atoms with Gasteiger partial charge in [-0.2, -0.15) is 0 Å². The first kappa shape index (κ1) is 8.59. The fourth-order valence-corrected chi connectivity index (χ4v) is 0.510. The van der Waals surface area contributed by atoms with Crippen LogP contribution in [0.1, 0.15) is 13.8 Å². The van der Waals surface area contributed by atoms with Crippen LogP contribution in [-0.2, 0) is 9.53 Å². The number of rotatable bonds is 3. The van der Waals surface area contributed by atoms with Crippen molar-refractivity contribution in [3.8, 4) is 0 Å². The van der Waals surface area contributed by atoms with Crippen molar-refractivity contribution in [2.75, 3.05) is 7.11 Å². The molecule has 1 N–H and O–H groups in total. The number of hydrogen-bond acceptors (Lipinski definition) is 3. The Morgan fingerprint density at radius 1 is 1.67 bits per heavy atom. The average Bonchev–Trinajstić information content (AvgIpc) is 1.65. The Hall–Kier alpha value is -0.410. The van der Waals surface area contributed by atoms with Gasteiger partial charge < -0.3 is 14.6 Å². The zero-order valence-corrected chi connectivity index (χ0v) is 5.92. The molecule has 3 heteroatoms. The van der Waals surface area contributed by atoms with Crippen molar-refractivity contribution < 1.29 is 14.6 Å². The summed E-state index contributed by atoms with van der Waals surface area (Å²) in [6.07, 6.45) is -0.141. The summed E-state index contributed by atoms with van der Waals surface area (Å²) in [7, 11) is 1.39. The van der Waals surface area contributed by atoms with Gasteiger partial charge in [-0.3, -0.25) is 0 Å². The number of ether oxygens (including phenoxy) is 1. The molecule has 0 radical (unpaired) electrons. The van der Waals surface area contributed by atoms with E-state index in [-0.39, 0.29) is 0 Å². The number of carbonyl (C=O) groups is 1. The molecular weight excluding hydrogens is 120 g/mol. The molecule has 0 aliphatic carbocycles. The van der Waals surface area contributed by atoms with Crippen LogP contribution in [0.25, 0.3) is 0 Å². The van der Waals surface area contributed by atoms with E-state index >= 15 is 0 Å². The molecule has 0 aromatic rings. The molecule has 0 rings (SSSR count). The van der Waals surface area contributed by atoms with Gasteiger partial charge in [0.15, 0.2) is 6.29 Å². The third-order valence-electron chi connectivity index (χ3n) is 1.07. The van der Waals surface area contributed by atoms with E-state index in [0.29, 0.717) is 6.29 Å². The Kier molecular flexibility index (Phi) is 2.81. The third-order valence-corrected chi connectivity index (χ3v) is 1.07. The van der Waals surface area contributed by atoms with Gasteiger partial charge in [0.2, 0.25) is 0 Å². The van der Waals surface area contributed by atoms with E-state index in [1.807, 2.05) is 0 Å². The van der Waals surface area contributed by atoms with E-state index in [1.165, 1.54) is 21.0 Å². The highest BCUT2D eigenvalue weighted by molar-refractivity contribution is 5.58. The zero-order chi connectivity index (χ0) is 7.49. The van der Waals surface area contributed by atoms with Crippen LogP contribution in [0.15, 0.2) is 0 Å². The van der Waals surface area contributed by atoms with Gasteiger partial charge >= 0.3 is 0 Å². The molecule has 0 saturated heterocycles. The first-order valence-corrected chi connectivity index (χ1v) is 2.73. The Bertz CT molecular complexity index is 93.0. The Balaban J connectivity index is 3.94. The summed E-state index contributed by atoms with van der Waals surface area (Å²) >= 11 is 0. The molecule has 0 amide bonds. The maximum atomic E-state index is 10.1. The maximum Gasteiger partial charge on any atom is 0.151 e. The molecule has 0 aliphatic heterocycles. The van der Waals surface area contributed by atoms with E-state index in [0.717, 1.165) is 0 Å². The zero-order valence-electron chi connectivity index (χ0n) is 5.92. The lowest BCUT2D eigenvalue weighted by Gasteiger charge is -2.22. The van der Waals surface area contributed by atoms with Crippen molar-refractivity contribution in [1.82, 2.24) is 0 Å². The molecule has 0 aromatic carbocycles. The molecule has 9 heavy (non-hydrogen) atoms. The summed E-state index contributed by atoms with van der Waals surface area (Å²) < 4.78 is 4.65. The smallest absolute Gasteiger partial charge is 0.151 e.